The number of allylic oxidation sites excluding steroid dienone is 2. The fraction of sp³-hybridized carbons (Fsp3) is 0.357. The first-order chi connectivity index (χ1) is 16.8. The van der Waals surface area contributed by atoms with E-state index in [2.05, 4.69) is 11.8 Å². The molecule has 8 heteroatoms. The van der Waals surface area contributed by atoms with Gasteiger partial charge in [-0.05, 0) is 65.8 Å². The predicted octanol–water partition coefficient (Wildman–Crippen LogP) is 4.92. The van der Waals surface area contributed by atoms with Crippen LogP contribution in [0.5, 0.6) is 0 Å². The molecular weight excluding hydrogens is 492 g/mol. The van der Waals surface area contributed by atoms with Crippen LogP contribution in [0.4, 0.5) is 0 Å². The minimum Gasteiger partial charge on any atom is -0.207 e. The van der Waals surface area contributed by atoms with Crippen molar-refractivity contribution >= 4 is 20.0 Å². The second-order valence-electron chi connectivity index (χ2n) is 9.14. The number of sulfonamides is 2. The summed E-state index contributed by atoms with van der Waals surface area (Å²) in [4.78, 5) is 0.397. The van der Waals surface area contributed by atoms with Crippen molar-refractivity contribution in [1.82, 2.24) is 8.61 Å². The Kier molecular flexibility index (Phi) is 10.7. The average Bonchev–Trinajstić information content (AvgIpc) is 2.80. The Balaban J connectivity index is 2.31. The number of benzene rings is 2. The number of nitrogens with zero attached hydrogens (tertiary/aromatic N) is 2. The van der Waals surface area contributed by atoms with Crippen LogP contribution in [-0.2, 0) is 20.0 Å². The molecule has 194 valence electrons. The molecule has 2 aromatic rings. The van der Waals surface area contributed by atoms with Crippen molar-refractivity contribution in [1.29, 1.82) is 0 Å². The zero-order chi connectivity index (χ0) is 26.9. The van der Waals surface area contributed by atoms with Gasteiger partial charge in [-0.1, -0.05) is 70.5 Å². The lowest BCUT2D eigenvalue weighted by atomic mass is 10.2. The first-order valence-electron chi connectivity index (χ1n) is 11.7. The van der Waals surface area contributed by atoms with Gasteiger partial charge in [0.05, 0.1) is 22.9 Å². The third-order valence-corrected chi connectivity index (χ3v) is 9.01. The topological polar surface area (TPSA) is 74.8 Å². The first-order valence-corrected chi connectivity index (χ1v) is 14.6. The summed E-state index contributed by atoms with van der Waals surface area (Å²) < 4.78 is 55.6. The van der Waals surface area contributed by atoms with E-state index in [-0.39, 0.29) is 36.0 Å². The van der Waals surface area contributed by atoms with Gasteiger partial charge in [-0.25, -0.2) is 16.8 Å². The molecule has 0 bridgehead atoms. The van der Waals surface area contributed by atoms with E-state index in [9.17, 15) is 16.8 Å². The molecule has 2 aromatic carbocycles. The molecule has 0 amide bonds. The quantitative estimate of drug-likeness (QED) is 0.324. The second kappa shape index (κ2) is 13.0. The van der Waals surface area contributed by atoms with Gasteiger partial charge in [0.15, 0.2) is 0 Å². The van der Waals surface area contributed by atoms with E-state index in [1.807, 2.05) is 53.7 Å². The normalized spacial score (nSPS) is 11.7. The fourth-order valence-electron chi connectivity index (χ4n) is 3.07. The lowest BCUT2D eigenvalue weighted by molar-refractivity contribution is 0.472. The molecule has 0 heterocycles. The molecule has 0 N–H and O–H groups in total. The summed E-state index contributed by atoms with van der Waals surface area (Å²) in [6, 6.07) is 13.4. The highest BCUT2D eigenvalue weighted by Gasteiger charge is 2.24. The number of hydrogen-bond donors (Lipinski definition) is 0. The van der Waals surface area contributed by atoms with Crippen molar-refractivity contribution in [2.24, 2.45) is 0 Å². The highest BCUT2D eigenvalue weighted by atomic mass is 32.2. The summed E-state index contributed by atoms with van der Waals surface area (Å²) in [5.41, 5.74) is 3.92. The van der Waals surface area contributed by atoms with Gasteiger partial charge >= 0.3 is 0 Å². The summed E-state index contributed by atoms with van der Waals surface area (Å²) in [6.07, 6.45) is 3.66. The maximum absolute atomic E-state index is 13.2. The number of aryl methyl sites for hydroxylation is 2. The van der Waals surface area contributed by atoms with E-state index in [1.54, 1.807) is 48.5 Å². The molecule has 0 aliphatic rings. The largest absolute Gasteiger partial charge is 0.244 e. The van der Waals surface area contributed by atoms with Crippen LogP contribution in [0.25, 0.3) is 0 Å². The second-order valence-corrected chi connectivity index (χ2v) is 13.0. The van der Waals surface area contributed by atoms with Gasteiger partial charge in [0.25, 0.3) is 0 Å². The fourth-order valence-corrected chi connectivity index (χ4v) is 5.64. The Morgan fingerprint density at radius 3 is 1.22 bits per heavy atom. The summed E-state index contributed by atoms with van der Waals surface area (Å²) in [5, 5.41) is 0. The molecule has 0 unspecified atom stereocenters. The van der Waals surface area contributed by atoms with Crippen LogP contribution in [0.3, 0.4) is 0 Å². The van der Waals surface area contributed by atoms with Gasteiger partial charge in [0, 0.05) is 13.1 Å². The van der Waals surface area contributed by atoms with Crippen molar-refractivity contribution in [3.05, 3.63) is 83.0 Å². The Morgan fingerprint density at radius 2 is 0.944 bits per heavy atom. The molecule has 0 saturated heterocycles. The SMILES string of the molecule is CC(C)=CCN(CC#CCN(CC=C(C)C)S(=O)(=O)c1ccc(C)cc1)S(=O)(=O)c1ccc(C)cc1. The Labute approximate surface area is 217 Å². The van der Waals surface area contributed by atoms with E-state index >= 15 is 0 Å². The lowest BCUT2D eigenvalue weighted by Gasteiger charge is -2.20. The van der Waals surface area contributed by atoms with Crippen molar-refractivity contribution in [3.8, 4) is 11.8 Å². The van der Waals surface area contributed by atoms with Crippen molar-refractivity contribution in [2.45, 2.75) is 51.3 Å². The smallest absolute Gasteiger partial charge is 0.207 e. The maximum Gasteiger partial charge on any atom is 0.244 e. The van der Waals surface area contributed by atoms with Gasteiger partial charge in [-0.15, -0.1) is 0 Å². The molecule has 2 rings (SSSR count). The van der Waals surface area contributed by atoms with Crippen LogP contribution in [0.2, 0.25) is 0 Å². The highest BCUT2D eigenvalue weighted by molar-refractivity contribution is 7.89. The molecule has 0 fully saturated rings. The first kappa shape index (κ1) is 29.5. The van der Waals surface area contributed by atoms with Crippen LogP contribution in [0.15, 0.2) is 81.6 Å². The lowest BCUT2D eigenvalue weighted by Crippen LogP contribution is -2.33. The molecule has 0 spiro atoms. The third-order valence-electron chi connectivity index (χ3n) is 5.36. The average molecular weight is 529 g/mol. The van der Waals surface area contributed by atoms with E-state index < -0.39 is 20.0 Å². The van der Waals surface area contributed by atoms with E-state index in [1.165, 1.54) is 8.61 Å². The minimum atomic E-state index is -3.77. The van der Waals surface area contributed by atoms with E-state index in [4.69, 9.17) is 0 Å². The third kappa shape index (κ3) is 8.45. The molecule has 0 saturated carbocycles. The van der Waals surface area contributed by atoms with Crippen molar-refractivity contribution in [3.63, 3.8) is 0 Å². The monoisotopic (exact) mass is 528 g/mol. The molecule has 6 nitrogen and oxygen atoms in total. The highest BCUT2D eigenvalue weighted by Crippen LogP contribution is 2.18. The van der Waals surface area contributed by atoms with E-state index in [0.29, 0.717) is 0 Å². The van der Waals surface area contributed by atoms with Gasteiger partial charge in [-0.2, -0.15) is 8.61 Å². The number of rotatable bonds is 10. The molecule has 0 aliphatic carbocycles. The van der Waals surface area contributed by atoms with Crippen LogP contribution < -0.4 is 0 Å². The van der Waals surface area contributed by atoms with Gasteiger partial charge in [0.2, 0.25) is 20.0 Å². The Hall–Kier alpha value is -2.70. The Morgan fingerprint density at radius 1 is 0.639 bits per heavy atom. The van der Waals surface area contributed by atoms with Crippen LogP contribution in [-0.4, -0.2) is 51.6 Å². The molecule has 0 radical (unpaired) electrons. The summed E-state index contributed by atoms with van der Waals surface area (Å²) >= 11 is 0. The van der Waals surface area contributed by atoms with Crippen LogP contribution in [0.1, 0.15) is 38.8 Å². The molecule has 0 aliphatic heterocycles. The zero-order valence-corrected chi connectivity index (χ0v) is 23.6. The molecule has 36 heavy (non-hydrogen) atoms. The van der Waals surface area contributed by atoms with Gasteiger partial charge in [0.1, 0.15) is 0 Å². The van der Waals surface area contributed by atoms with Gasteiger partial charge in [-0.3, -0.25) is 0 Å². The molecular formula is C28H36N2O4S2. The summed E-state index contributed by atoms with van der Waals surface area (Å²) in [5.74, 6) is 5.78. The minimum absolute atomic E-state index is 0.0545. The zero-order valence-electron chi connectivity index (χ0n) is 21.9. The van der Waals surface area contributed by atoms with E-state index in [0.717, 1.165) is 22.3 Å². The standard InChI is InChI=1S/C28H36N2O4S2/c1-23(2)17-21-29(35(31,32)27-13-9-25(5)10-14-27)19-7-8-20-30(22-18-24(3)4)36(33,34)28-15-11-26(6)12-16-28/h9-18H,19-22H2,1-6H3. The van der Waals surface area contributed by atoms with Crippen molar-refractivity contribution < 1.29 is 16.8 Å². The van der Waals surface area contributed by atoms with Crippen molar-refractivity contribution in [2.75, 3.05) is 26.2 Å². The number of hydrogen-bond acceptors (Lipinski definition) is 4. The van der Waals surface area contributed by atoms with Crippen LogP contribution in [0, 0.1) is 25.7 Å². The maximum atomic E-state index is 13.2. The van der Waals surface area contributed by atoms with Gasteiger partial charge < -0.3 is 0 Å². The summed E-state index contributed by atoms with van der Waals surface area (Å²) in [6.45, 7) is 11.6. The predicted molar refractivity (Wildman–Crippen MR) is 147 cm³/mol. The van der Waals surface area contributed by atoms with Crippen LogP contribution >= 0.6 is 0 Å². The summed E-state index contributed by atoms with van der Waals surface area (Å²) in [7, 11) is -7.53. The Bertz CT molecular complexity index is 1250. The molecule has 0 atom stereocenters. The molecule has 0 aromatic heterocycles.